The largest absolute Gasteiger partial charge is 0.465 e. The number of hydrogen-bond acceptors (Lipinski definition) is 4. The summed E-state index contributed by atoms with van der Waals surface area (Å²) in [7, 11) is 1.35. The van der Waals surface area contributed by atoms with Crippen LogP contribution in [0.3, 0.4) is 0 Å². The molecule has 1 aromatic carbocycles. The highest BCUT2D eigenvalue weighted by molar-refractivity contribution is 7.18. The monoisotopic (exact) mass is 295 g/mol. The third-order valence-corrected chi connectivity index (χ3v) is 4.81. The SMILES string of the molecule is COC(=O)c1sc(-c2cccc(Cl)c2C)c(C)c1N. The predicted molar refractivity (Wildman–Crippen MR) is 80.0 cm³/mol. The number of halogens is 1. The van der Waals surface area contributed by atoms with Crippen LogP contribution in [0.5, 0.6) is 0 Å². The maximum Gasteiger partial charge on any atom is 0.350 e. The molecule has 3 nitrogen and oxygen atoms in total. The number of nitrogen functional groups attached to an aromatic ring is 1. The van der Waals surface area contributed by atoms with Crippen LogP contribution in [-0.4, -0.2) is 13.1 Å². The first kappa shape index (κ1) is 13.9. The van der Waals surface area contributed by atoms with Crippen LogP contribution in [0.4, 0.5) is 5.69 Å². The molecule has 0 spiro atoms. The van der Waals surface area contributed by atoms with Gasteiger partial charge in [-0.1, -0.05) is 23.7 Å². The predicted octanol–water partition coefficient (Wildman–Crippen LogP) is 4.05. The fourth-order valence-electron chi connectivity index (χ4n) is 1.88. The lowest BCUT2D eigenvalue weighted by atomic mass is 10.0. The number of hydrogen-bond donors (Lipinski definition) is 1. The number of benzene rings is 1. The van der Waals surface area contributed by atoms with Gasteiger partial charge >= 0.3 is 5.97 Å². The minimum Gasteiger partial charge on any atom is -0.465 e. The number of esters is 1. The molecule has 2 rings (SSSR count). The van der Waals surface area contributed by atoms with Gasteiger partial charge < -0.3 is 10.5 Å². The zero-order chi connectivity index (χ0) is 14.2. The lowest BCUT2D eigenvalue weighted by Crippen LogP contribution is -2.01. The first-order chi connectivity index (χ1) is 8.97. The number of methoxy groups -OCH3 is 1. The second-order valence-electron chi connectivity index (χ2n) is 4.20. The van der Waals surface area contributed by atoms with Gasteiger partial charge in [0, 0.05) is 9.90 Å². The Hall–Kier alpha value is -1.52. The van der Waals surface area contributed by atoms with E-state index in [0.29, 0.717) is 15.6 Å². The molecular formula is C14H14ClNO2S. The van der Waals surface area contributed by atoms with Crippen molar-refractivity contribution >= 4 is 34.6 Å². The zero-order valence-electron chi connectivity index (χ0n) is 10.9. The van der Waals surface area contributed by atoms with E-state index in [1.54, 1.807) is 0 Å². The molecule has 0 fully saturated rings. The summed E-state index contributed by atoms with van der Waals surface area (Å²) in [5, 5.41) is 0.698. The van der Waals surface area contributed by atoms with Gasteiger partial charge in [-0.3, -0.25) is 0 Å². The molecule has 1 aromatic heterocycles. The van der Waals surface area contributed by atoms with Crippen LogP contribution in [0.25, 0.3) is 10.4 Å². The van der Waals surface area contributed by atoms with Crippen LogP contribution < -0.4 is 5.73 Å². The molecule has 19 heavy (non-hydrogen) atoms. The molecule has 0 radical (unpaired) electrons. The molecule has 0 amide bonds. The molecule has 0 aliphatic heterocycles. The average Bonchev–Trinajstić information content (AvgIpc) is 2.69. The van der Waals surface area contributed by atoms with Crippen molar-refractivity contribution in [3.63, 3.8) is 0 Å². The Morgan fingerprint density at radius 3 is 2.63 bits per heavy atom. The van der Waals surface area contributed by atoms with Gasteiger partial charge in [0.15, 0.2) is 0 Å². The van der Waals surface area contributed by atoms with E-state index in [-0.39, 0.29) is 0 Å². The Balaban J connectivity index is 2.64. The Labute approximate surface area is 121 Å². The smallest absolute Gasteiger partial charge is 0.350 e. The first-order valence-corrected chi connectivity index (χ1v) is 6.89. The molecule has 0 saturated heterocycles. The topological polar surface area (TPSA) is 52.3 Å². The fourth-order valence-corrected chi connectivity index (χ4v) is 3.28. The van der Waals surface area contributed by atoms with Crippen molar-refractivity contribution in [3.05, 3.63) is 39.2 Å². The van der Waals surface area contributed by atoms with Crippen LogP contribution in [0.15, 0.2) is 18.2 Å². The second-order valence-corrected chi connectivity index (χ2v) is 5.63. The van der Waals surface area contributed by atoms with E-state index in [9.17, 15) is 4.79 Å². The molecule has 0 unspecified atom stereocenters. The van der Waals surface area contributed by atoms with Gasteiger partial charge in [0.05, 0.1) is 12.8 Å². The van der Waals surface area contributed by atoms with Crippen LogP contribution in [0, 0.1) is 13.8 Å². The molecule has 2 N–H and O–H groups in total. The lowest BCUT2D eigenvalue weighted by molar-refractivity contribution is 0.0607. The van der Waals surface area contributed by atoms with Gasteiger partial charge in [-0.2, -0.15) is 0 Å². The standard InChI is InChI=1S/C14H14ClNO2S/c1-7-9(5-4-6-10(7)15)12-8(2)11(16)13(19-12)14(17)18-3/h4-6H,16H2,1-3H3. The minimum atomic E-state index is -0.406. The van der Waals surface area contributed by atoms with Gasteiger partial charge in [-0.05, 0) is 36.6 Å². The van der Waals surface area contributed by atoms with Crippen LogP contribution >= 0.6 is 22.9 Å². The van der Waals surface area contributed by atoms with Gasteiger partial charge in [-0.25, -0.2) is 4.79 Å². The molecule has 0 aliphatic rings. The minimum absolute atomic E-state index is 0.406. The third kappa shape index (κ3) is 2.33. The molecule has 1 heterocycles. The Bertz CT molecular complexity index is 649. The summed E-state index contributed by atoms with van der Waals surface area (Å²) in [6.45, 7) is 3.85. The fraction of sp³-hybridized carbons (Fsp3) is 0.214. The van der Waals surface area contributed by atoms with Crippen molar-refractivity contribution in [2.45, 2.75) is 13.8 Å². The van der Waals surface area contributed by atoms with E-state index in [4.69, 9.17) is 22.1 Å². The van der Waals surface area contributed by atoms with Crippen molar-refractivity contribution in [1.82, 2.24) is 0 Å². The van der Waals surface area contributed by atoms with Gasteiger partial charge in [0.25, 0.3) is 0 Å². The van der Waals surface area contributed by atoms with Gasteiger partial charge in [0.2, 0.25) is 0 Å². The molecule has 0 saturated carbocycles. The van der Waals surface area contributed by atoms with Crippen molar-refractivity contribution in [1.29, 1.82) is 0 Å². The summed E-state index contributed by atoms with van der Waals surface area (Å²) in [5.74, 6) is -0.406. The van der Waals surface area contributed by atoms with Crippen molar-refractivity contribution in [2.24, 2.45) is 0 Å². The number of carbonyl (C=O) groups is 1. The summed E-state index contributed by atoms with van der Waals surface area (Å²) in [6, 6.07) is 5.70. The average molecular weight is 296 g/mol. The Morgan fingerprint density at radius 1 is 1.32 bits per heavy atom. The normalized spacial score (nSPS) is 10.5. The number of ether oxygens (including phenoxy) is 1. The van der Waals surface area contributed by atoms with Crippen molar-refractivity contribution in [2.75, 3.05) is 12.8 Å². The number of thiophene rings is 1. The molecule has 0 atom stereocenters. The molecule has 2 aromatic rings. The summed E-state index contributed by atoms with van der Waals surface area (Å²) in [6.07, 6.45) is 0. The maximum absolute atomic E-state index is 11.7. The summed E-state index contributed by atoms with van der Waals surface area (Å²) in [4.78, 5) is 13.1. The third-order valence-electron chi connectivity index (χ3n) is 3.08. The van der Waals surface area contributed by atoms with Gasteiger partial charge in [-0.15, -0.1) is 11.3 Å². The Kier molecular flexibility index (Phi) is 3.83. The molecule has 0 bridgehead atoms. The van der Waals surface area contributed by atoms with Crippen molar-refractivity contribution < 1.29 is 9.53 Å². The molecule has 100 valence electrons. The van der Waals surface area contributed by atoms with E-state index in [0.717, 1.165) is 21.6 Å². The zero-order valence-corrected chi connectivity index (χ0v) is 12.5. The highest BCUT2D eigenvalue weighted by atomic mass is 35.5. The van der Waals surface area contributed by atoms with E-state index < -0.39 is 5.97 Å². The molecule has 5 heteroatoms. The number of nitrogens with two attached hydrogens (primary N) is 1. The van der Waals surface area contributed by atoms with E-state index in [2.05, 4.69) is 0 Å². The summed E-state index contributed by atoms with van der Waals surface area (Å²) < 4.78 is 4.74. The van der Waals surface area contributed by atoms with Crippen LogP contribution in [-0.2, 0) is 4.74 Å². The van der Waals surface area contributed by atoms with Crippen LogP contribution in [0.1, 0.15) is 20.8 Å². The number of anilines is 1. The highest BCUT2D eigenvalue weighted by Gasteiger charge is 2.21. The van der Waals surface area contributed by atoms with Gasteiger partial charge in [0.1, 0.15) is 4.88 Å². The van der Waals surface area contributed by atoms with Crippen LogP contribution in [0.2, 0.25) is 5.02 Å². The summed E-state index contributed by atoms with van der Waals surface area (Å²) in [5.41, 5.74) is 9.32. The number of rotatable bonds is 2. The second kappa shape index (κ2) is 5.23. The molecule has 0 aliphatic carbocycles. The number of carbonyl (C=O) groups excluding carboxylic acids is 1. The highest BCUT2D eigenvalue weighted by Crippen LogP contribution is 2.40. The Morgan fingerprint density at radius 2 is 2.00 bits per heavy atom. The first-order valence-electron chi connectivity index (χ1n) is 5.70. The van der Waals surface area contributed by atoms with E-state index >= 15 is 0 Å². The quantitative estimate of drug-likeness (QED) is 0.850. The van der Waals surface area contributed by atoms with E-state index in [1.807, 2.05) is 32.0 Å². The van der Waals surface area contributed by atoms with E-state index in [1.165, 1.54) is 18.4 Å². The van der Waals surface area contributed by atoms with Crippen molar-refractivity contribution in [3.8, 4) is 10.4 Å². The molecular weight excluding hydrogens is 282 g/mol. The lowest BCUT2D eigenvalue weighted by Gasteiger charge is -2.06. The summed E-state index contributed by atoms with van der Waals surface area (Å²) >= 11 is 7.47. The maximum atomic E-state index is 11.7.